The van der Waals surface area contributed by atoms with Crippen LogP contribution in [0.1, 0.15) is 0 Å². The Morgan fingerprint density at radius 2 is 1.45 bits per heavy atom. The van der Waals surface area contributed by atoms with Crippen LogP contribution in [0.25, 0.3) is 33.9 Å². The Hall–Kier alpha value is -5.15. The van der Waals surface area contributed by atoms with Crippen molar-refractivity contribution in [3.63, 3.8) is 0 Å². The van der Waals surface area contributed by atoms with Crippen LogP contribution < -0.4 is 10.2 Å². The highest BCUT2D eigenvalue weighted by Crippen LogP contribution is 2.36. The summed E-state index contributed by atoms with van der Waals surface area (Å²) in [6.45, 7) is -0.0709. The van der Waals surface area contributed by atoms with E-state index in [1.165, 1.54) is 16.8 Å². The summed E-state index contributed by atoms with van der Waals surface area (Å²) in [6.07, 6.45) is 0. The van der Waals surface area contributed by atoms with Crippen LogP contribution in [0.15, 0.2) is 120 Å². The van der Waals surface area contributed by atoms with Crippen LogP contribution in [0, 0.1) is 0 Å². The van der Waals surface area contributed by atoms with E-state index in [2.05, 4.69) is 10.4 Å². The number of amidine groups is 1. The Balaban J connectivity index is 1.38. The van der Waals surface area contributed by atoms with E-state index >= 15 is 0 Å². The molecular weight excluding hydrogens is 546 g/mol. The van der Waals surface area contributed by atoms with Gasteiger partial charge in [0.2, 0.25) is 0 Å². The molecule has 0 aliphatic carbocycles. The molecule has 1 aliphatic heterocycles. The highest BCUT2D eigenvalue weighted by atomic mass is 32.2. The van der Waals surface area contributed by atoms with E-state index in [-0.39, 0.29) is 24.1 Å². The number of aliphatic imine (C=N–C) groups is 1. The molecule has 5 aromatic rings. The Kier molecular flexibility index (Phi) is 7.83. The van der Waals surface area contributed by atoms with Gasteiger partial charge in [-0.05, 0) is 24.3 Å². The fraction of sp³-hybridized carbons (Fsp3) is 0.0909. The number of thioether (sulfide) groups is 1. The number of hydrogen-bond donors (Lipinski definition) is 1. The molecule has 1 N–H and O–H groups in total. The summed E-state index contributed by atoms with van der Waals surface area (Å²) in [5.41, 5.74) is 7.76. The molecule has 0 saturated carbocycles. The number of hydrazine groups is 1. The number of amides is 2. The number of methoxy groups -OCH3 is 1. The third-order valence-corrected chi connectivity index (χ3v) is 7.62. The van der Waals surface area contributed by atoms with Crippen LogP contribution in [-0.4, -0.2) is 44.4 Å². The van der Waals surface area contributed by atoms with E-state index in [0.29, 0.717) is 22.4 Å². The zero-order chi connectivity index (χ0) is 28.9. The van der Waals surface area contributed by atoms with Gasteiger partial charge in [0.1, 0.15) is 18.1 Å². The molecular formula is C33H27N5O3S. The smallest absolute Gasteiger partial charge is 0.258 e. The molecule has 8 nitrogen and oxygen atoms in total. The molecule has 1 aromatic heterocycles. The largest absolute Gasteiger partial charge is 0.497 e. The van der Waals surface area contributed by atoms with Gasteiger partial charge in [-0.1, -0.05) is 103 Å². The molecule has 6 rings (SSSR count). The normalized spacial score (nSPS) is 13.9. The first kappa shape index (κ1) is 27.0. The Labute approximate surface area is 247 Å². The van der Waals surface area contributed by atoms with Gasteiger partial charge in [-0.3, -0.25) is 15.0 Å². The minimum atomic E-state index is -0.375. The fourth-order valence-electron chi connectivity index (χ4n) is 4.73. The van der Waals surface area contributed by atoms with E-state index in [1.54, 1.807) is 31.4 Å². The third kappa shape index (κ3) is 5.68. The van der Waals surface area contributed by atoms with Gasteiger partial charge >= 0.3 is 0 Å². The first-order chi connectivity index (χ1) is 20.6. The number of aromatic nitrogens is 2. The lowest BCUT2D eigenvalue weighted by Crippen LogP contribution is -2.46. The summed E-state index contributed by atoms with van der Waals surface area (Å²) in [6, 6.07) is 36.8. The van der Waals surface area contributed by atoms with E-state index in [0.717, 1.165) is 28.1 Å². The van der Waals surface area contributed by atoms with E-state index in [9.17, 15) is 9.59 Å². The lowest BCUT2D eigenvalue weighted by Gasteiger charge is -2.19. The predicted octanol–water partition coefficient (Wildman–Crippen LogP) is 6.19. The Bertz CT molecular complexity index is 1740. The third-order valence-electron chi connectivity index (χ3n) is 6.69. The fourth-order valence-corrected chi connectivity index (χ4v) is 5.55. The van der Waals surface area contributed by atoms with E-state index in [1.807, 2.05) is 95.6 Å². The minimum absolute atomic E-state index is 0.0709. The average molecular weight is 574 g/mol. The molecule has 0 spiro atoms. The van der Waals surface area contributed by atoms with Crippen molar-refractivity contribution in [2.45, 2.75) is 6.54 Å². The van der Waals surface area contributed by atoms with Gasteiger partial charge < -0.3 is 9.30 Å². The van der Waals surface area contributed by atoms with Gasteiger partial charge in [-0.25, -0.2) is 9.98 Å². The van der Waals surface area contributed by atoms with Crippen LogP contribution in [0.4, 0.5) is 5.69 Å². The van der Waals surface area contributed by atoms with Crippen LogP contribution in [0.3, 0.4) is 0 Å². The first-order valence-electron chi connectivity index (χ1n) is 13.4. The van der Waals surface area contributed by atoms with Gasteiger partial charge in [-0.15, -0.1) is 0 Å². The number of rotatable bonds is 8. The zero-order valence-corrected chi connectivity index (χ0v) is 23.6. The molecule has 1 aliphatic rings. The summed E-state index contributed by atoms with van der Waals surface area (Å²) in [7, 11) is 1.60. The predicted molar refractivity (Wildman–Crippen MR) is 166 cm³/mol. The second-order valence-corrected chi connectivity index (χ2v) is 10.4. The molecule has 1 saturated heterocycles. The lowest BCUT2D eigenvalue weighted by atomic mass is 10.0. The van der Waals surface area contributed by atoms with Crippen LogP contribution in [-0.2, 0) is 16.1 Å². The quantitative estimate of drug-likeness (QED) is 0.239. The van der Waals surface area contributed by atoms with Gasteiger partial charge in [0.05, 0.1) is 29.9 Å². The van der Waals surface area contributed by atoms with Crippen molar-refractivity contribution >= 4 is 34.4 Å². The average Bonchev–Trinajstić information content (AvgIpc) is 3.58. The maximum absolute atomic E-state index is 13.7. The van der Waals surface area contributed by atoms with E-state index < -0.39 is 0 Å². The number of ether oxygens (including phenoxy) is 1. The maximum Gasteiger partial charge on any atom is 0.258 e. The molecule has 4 aromatic carbocycles. The molecule has 2 amide bonds. The monoisotopic (exact) mass is 573 g/mol. The molecule has 208 valence electrons. The standard InChI is InChI=1S/C33H27N5O3S/c1-41-27-19-17-26(18-20-27)34-33-38(29(40)22-42-33)36-28(39)21-37-31(24-13-7-3-8-14-24)30(23-11-5-2-6-12-23)35-32(37)25-15-9-4-10-16-25/h2-20H,21-22H2,1H3,(H,36,39). The van der Waals surface area contributed by atoms with Gasteiger partial charge in [0.25, 0.3) is 11.8 Å². The Morgan fingerprint density at radius 3 is 2.07 bits per heavy atom. The number of nitrogens with zero attached hydrogens (tertiary/aromatic N) is 4. The molecule has 0 atom stereocenters. The summed E-state index contributed by atoms with van der Waals surface area (Å²) in [4.78, 5) is 36.1. The van der Waals surface area contributed by atoms with Crippen molar-refractivity contribution in [2.75, 3.05) is 12.9 Å². The first-order valence-corrected chi connectivity index (χ1v) is 14.3. The number of hydrogen-bond acceptors (Lipinski definition) is 6. The van der Waals surface area contributed by atoms with Gasteiger partial charge in [0.15, 0.2) is 5.17 Å². The molecule has 42 heavy (non-hydrogen) atoms. The number of carbonyl (C=O) groups is 2. The van der Waals surface area contributed by atoms with E-state index in [4.69, 9.17) is 9.72 Å². The number of carbonyl (C=O) groups excluding carboxylic acids is 2. The number of benzene rings is 4. The summed E-state index contributed by atoms with van der Waals surface area (Å²) in [5, 5.41) is 1.64. The molecule has 1 fully saturated rings. The van der Waals surface area contributed by atoms with Crippen molar-refractivity contribution < 1.29 is 14.3 Å². The maximum atomic E-state index is 13.7. The molecule has 0 unspecified atom stereocenters. The second-order valence-electron chi connectivity index (χ2n) is 9.46. The minimum Gasteiger partial charge on any atom is -0.497 e. The van der Waals surface area contributed by atoms with Crippen LogP contribution in [0.2, 0.25) is 0 Å². The summed E-state index contributed by atoms with van der Waals surface area (Å²) in [5.74, 6) is 0.918. The van der Waals surface area contributed by atoms with Crippen molar-refractivity contribution in [3.8, 4) is 39.7 Å². The summed E-state index contributed by atoms with van der Waals surface area (Å²) < 4.78 is 7.13. The highest BCUT2D eigenvalue weighted by Gasteiger charge is 2.31. The number of nitrogens with one attached hydrogen (secondary N) is 1. The van der Waals surface area contributed by atoms with Crippen molar-refractivity contribution in [2.24, 2.45) is 4.99 Å². The second kappa shape index (κ2) is 12.2. The molecule has 0 bridgehead atoms. The van der Waals surface area contributed by atoms with Crippen molar-refractivity contribution in [1.29, 1.82) is 0 Å². The molecule has 2 heterocycles. The molecule has 9 heteroatoms. The van der Waals surface area contributed by atoms with Crippen LogP contribution in [0.5, 0.6) is 5.75 Å². The van der Waals surface area contributed by atoms with Gasteiger partial charge in [-0.2, -0.15) is 5.01 Å². The Morgan fingerprint density at radius 1 is 0.857 bits per heavy atom. The van der Waals surface area contributed by atoms with Crippen molar-refractivity contribution in [1.82, 2.24) is 20.0 Å². The SMILES string of the molecule is COc1ccc(N=C2SCC(=O)N2NC(=O)Cn2c(-c3ccccc3)nc(-c3ccccc3)c2-c2ccccc2)cc1. The molecule has 0 radical (unpaired) electrons. The zero-order valence-electron chi connectivity index (χ0n) is 22.8. The van der Waals surface area contributed by atoms with Crippen molar-refractivity contribution in [3.05, 3.63) is 115 Å². The summed E-state index contributed by atoms with van der Waals surface area (Å²) >= 11 is 1.27. The van der Waals surface area contributed by atoms with Gasteiger partial charge in [0, 0.05) is 16.7 Å². The van der Waals surface area contributed by atoms with Crippen LogP contribution >= 0.6 is 11.8 Å². The number of imidazole rings is 1. The lowest BCUT2D eigenvalue weighted by molar-refractivity contribution is -0.134. The topological polar surface area (TPSA) is 88.8 Å². The highest BCUT2D eigenvalue weighted by molar-refractivity contribution is 8.15.